The fourth-order valence-corrected chi connectivity index (χ4v) is 3.42. The van der Waals surface area contributed by atoms with Gasteiger partial charge in [-0.15, -0.1) is 0 Å². The lowest BCUT2D eigenvalue weighted by Gasteiger charge is -2.16. The third-order valence-corrected chi connectivity index (χ3v) is 4.92. The van der Waals surface area contributed by atoms with Crippen LogP contribution in [-0.2, 0) is 14.4 Å². The lowest BCUT2D eigenvalue weighted by molar-refractivity contribution is -0.137. The number of rotatable bonds is 13. The summed E-state index contributed by atoms with van der Waals surface area (Å²) >= 11 is 0. The number of allylic oxidation sites excluding steroid dienone is 2. The molecule has 0 saturated heterocycles. The van der Waals surface area contributed by atoms with Crippen molar-refractivity contribution in [3.8, 4) is 0 Å². The number of hydrogen-bond donors (Lipinski definition) is 1. The van der Waals surface area contributed by atoms with E-state index in [0.29, 0.717) is 43.2 Å². The largest absolute Gasteiger partial charge is 0.481 e. The van der Waals surface area contributed by atoms with Crippen molar-refractivity contribution in [2.45, 2.75) is 84.0 Å². The summed E-state index contributed by atoms with van der Waals surface area (Å²) in [5.74, 6) is 0.304. The van der Waals surface area contributed by atoms with Gasteiger partial charge in [-0.2, -0.15) is 0 Å². The zero-order chi connectivity index (χ0) is 17.8. The van der Waals surface area contributed by atoms with Crippen LogP contribution in [0.2, 0.25) is 0 Å². The van der Waals surface area contributed by atoms with E-state index in [0.717, 1.165) is 44.9 Å². The summed E-state index contributed by atoms with van der Waals surface area (Å²) in [4.78, 5) is 34.4. The molecule has 0 aromatic heterocycles. The first-order chi connectivity index (χ1) is 11.5. The first kappa shape index (κ1) is 20.6. The lowest BCUT2D eigenvalue weighted by Crippen LogP contribution is -2.15. The number of aliphatic carboxylic acids is 1. The first-order valence-electron chi connectivity index (χ1n) is 9.45. The highest BCUT2D eigenvalue weighted by molar-refractivity contribution is 5.84. The minimum absolute atomic E-state index is 0.0594. The highest BCUT2D eigenvalue weighted by Gasteiger charge is 2.33. The van der Waals surface area contributed by atoms with E-state index in [4.69, 9.17) is 5.11 Å². The first-order valence-corrected chi connectivity index (χ1v) is 9.45. The smallest absolute Gasteiger partial charge is 0.303 e. The number of carbonyl (C=O) groups is 3. The lowest BCUT2D eigenvalue weighted by atomic mass is 9.87. The van der Waals surface area contributed by atoms with Crippen molar-refractivity contribution in [3.05, 3.63) is 12.2 Å². The van der Waals surface area contributed by atoms with Crippen molar-refractivity contribution in [1.82, 2.24) is 0 Å². The molecule has 0 aromatic carbocycles. The van der Waals surface area contributed by atoms with E-state index < -0.39 is 5.97 Å². The molecule has 0 aliphatic heterocycles. The zero-order valence-electron chi connectivity index (χ0n) is 15.0. The second-order valence-electron chi connectivity index (χ2n) is 6.90. The minimum Gasteiger partial charge on any atom is -0.481 e. The summed E-state index contributed by atoms with van der Waals surface area (Å²) in [5, 5.41) is 8.59. The maximum Gasteiger partial charge on any atom is 0.303 e. The molecule has 2 unspecified atom stereocenters. The molecule has 1 rings (SSSR count). The Bertz CT molecular complexity index is 439. The summed E-state index contributed by atoms with van der Waals surface area (Å²) in [6, 6.07) is 0. The molecule has 1 N–H and O–H groups in total. The quantitative estimate of drug-likeness (QED) is 0.390. The molecule has 136 valence electrons. The molecular formula is C20H32O4. The molecule has 1 saturated carbocycles. The van der Waals surface area contributed by atoms with Gasteiger partial charge < -0.3 is 5.11 Å². The summed E-state index contributed by atoms with van der Waals surface area (Å²) in [5.41, 5.74) is 0. The number of ketones is 2. The van der Waals surface area contributed by atoms with Crippen LogP contribution in [0.1, 0.15) is 84.0 Å². The predicted octanol–water partition coefficient (Wildman–Crippen LogP) is 4.71. The average molecular weight is 336 g/mol. The molecule has 1 fully saturated rings. The summed E-state index contributed by atoms with van der Waals surface area (Å²) in [7, 11) is 0. The molecule has 1 aliphatic carbocycles. The molecule has 0 aromatic rings. The Balaban J connectivity index is 2.28. The van der Waals surface area contributed by atoms with Crippen LogP contribution >= 0.6 is 0 Å². The van der Waals surface area contributed by atoms with E-state index in [9.17, 15) is 14.4 Å². The normalized spacial score (nSPS) is 20.8. The maximum atomic E-state index is 12.1. The Morgan fingerprint density at radius 3 is 2.62 bits per heavy atom. The van der Waals surface area contributed by atoms with Gasteiger partial charge in [-0.05, 0) is 44.4 Å². The van der Waals surface area contributed by atoms with Crippen molar-refractivity contribution >= 4 is 17.5 Å². The second-order valence-corrected chi connectivity index (χ2v) is 6.90. The van der Waals surface area contributed by atoms with Gasteiger partial charge in [0.25, 0.3) is 0 Å². The Kier molecular flexibility index (Phi) is 10.3. The summed E-state index contributed by atoms with van der Waals surface area (Å²) in [6.07, 6.45) is 13.2. The van der Waals surface area contributed by atoms with Gasteiger partial charge in [0.1, 0.15) is 11.6 Å². The van der Waals surface area contributed by atoms with Gasteiger partial charge in [-0.1, -0.05) is 31.9 Å². The SMILES string of the molecule is CCCCCC(=O)CCC1CCC(=O)C1CC=CCCCC(=O)O. The molecule has 0 amide bonds. The van der Waals surface area contributed by atoms with E-state index in [1.54, 1.807) is 0 Å². The number of carboxylic acid groups (broad SMARTS) is 1. The molecular weight excluding hydrogens is 304 g/mol. The Morgan fingerprint density at radius 1 is 1.12 bits per heavy atom. The molecule has 0 radical (unpaired) electrons. The van der Waals surface area contributed by atoms with Gasteiger partial charge >= 0.3 is 5.97 Å². The molecule has 0 heterocycles. The van der Waals surface area contributed by atoms with Crippen molar-refractivity contribution in [2.75, 3.05) is 0 Å². The third kappa shape index (κ3) is 8.42. The van der Waals surface area contributed by atoms with E-state index in [2.05, 4.69) is 6.92 Å². The van der Waals surface area contributed by atoms with Crippen LogP contribution in [0.4, 0.5) is 0 Å². The third-order valence-electron chi connectivity index (χ3n) is 4.92. The summed E-state index contributed by atoms with van der Waals surface area (Å²) < 4.78 is 0. The van der Waals surface area contributed by atoms with Gasteiger partial charge in [0.2, 0.25) is 0 Å². The van der Waals surface area contributed by atoms with Gasteiger partial charge in [-0.25, -0.2) is 0 Å². The van der Waals surface area contributed by atoms with Crippen LogP contribution in [0, 0.1) is 11.8 Å². The molecule has 0 spiro atoms. The van der Waals surface area contributed by atoms with Gasteiger partial charge in [0, 0.05) is 31.6 Å². The van der Waals surface area contributed by atoms with E-state index in [1.807, 2.05) is 12.2 Å². The van der Waals surface area contributed by atoms with Crippen molar-refractivity contribution in [1.29, 1.82) is 0 Å². The van der Waals surface area contributed by atoms with Crippen LogP contribution in [0.15, 0.2) is 12.2 Å². The topological polar surface area (TPSA) is 71.4 Å². The van der Waals surface area contributed by atoms with E-state index in [-0.39, 0.29) is 12.3 Å². The Morgan fingerprint density at radius 2 is 1.92 bits per heavy atom. The van der Waals surface area contributed by atoms with Crippen LogP contribution in [-0.4, -0.2) is 22.6 Å². The fraction of sp³-hybridized carbons (Fsp3) is 0.750. The number of carbonyl (C=O) groups excluding carboxylic acids is 2. The summed E-state index contributed by atoms with van der Waals surface area (Å²) in [6.45, 7) is 2.13. The van der Waals surface area contributed by atoms with Crippen LogP contribution in [0.5, 0.6) is 0 Å². The molecule has 1 aliphatic rings. The highest BCUT2D eigenvalue weighted by atomic mass is 16.4. The monoisotopic (exact) mass is 336 g/mol. The predicted molar refractivity (Wildman–Crippen MR) is 94.8 cm³/mol. The molecule has 4 nitrogen and oxygen atoms in total. The van der Waals surface area contributed by atoms with E-state index in [1.165, 1.54) is 0 Å². The maximum absolute atomic E-state index is 12.1. The molecule has 4 heteroatoms. The van der Waals surface area contributed by atoms with E-state index >= 15 is 0 Å². The van der Waals surface area contributed by atoms with Crippen molar-refractivity contribution in [3.63, 3.8) is 0 Å². The van der Waals surface area contributed by atoms with Gasteiger partial charge in [0.05, 0.1) is 0 Å². The van der Waals surface area contributed by atoms with Crippen LogP contribution < -0.4 is 0 Å². The Labute approximate surface area is 145 Å². The standard InChI is InChI=1S/C20H32O4/c1-2-3-6-9-17(21)14-12-16-13-15-19(22)18(16)10-7-4-5-8-11-20(23)24/h4,7,16,18H,2-3,5-6,8-15H2,1H3,(H,23,24). The Hall–Kier alpha value is -1.45. The van der Waals surface area contributed by atoms with Gasteiger partial charge in [-0.3, -0.25) is 14.4 Å². The van der Waals surface area contributed by atoms with Gasteiger partial charge in [0.15, 0.2) is 0 Å². The molecule has 0 bridgehead atoms. The second kappa shape index (κ2) is 12.0. The van der Waals surface area contributed by atoms with Crippen LogP contribution in [0.25, 0.3) is 0 Å². The molecule has 24 heavy (non-hydrogen) atoms. The fourth-order valence-electron chi connectivity index (χ4n) is 3.42. The number of hydrogen-bond acceptors (Lipinski definition) is 3. The average Bonchev–Trinajstić information content (AvgIpc) is 2.89. The van der Waals surface area contributed by atoms with Crippen LogP contribution in [0.3, 0.4) is 0 Å². The number of Topliss-reactive ketones (excluding diaryl/α,β-unsaturated/α-hetero) is 2. The minimum atomic E-state index is -0.766. The number of carboxylic acids is 1. The van der Waals surface area contributed by atoms with Crippen molar-refractivity contribution in [2.24, 2.45) is 11.8 Å². The van der Waals surface area contributed by atoms with Crippen molar-refractivity contribution < 1.29 is 19.5 Å². The highest BCUT2D eigenvalue weighted by Crippen LogP contribution is 2.35. The number of unbranched alkanes of at least 4 members (excludes halogenated alkanes) is 3. The molecule has 2 atom stereocenters. The zero-order valence-corrected chi connectivity index (χ0v) is 15.0.